The predicted molar refractivity (Wildman–Crippen MR) is 73.7 cm³/mol. The van der Waals surface area contributed by atoms with E-state index in [-0.39, 0.29) is 0 Å². The first-order chi connectivity index (χ1) is 8.35. The van der Waals surface area contributed by atoms with Crippen molar-refractivity contribution >= 4 is 11.6 Å². The second-order valence-electron chi connectivity index (χ2n) is 4.64. The van der Waals surface area contributed by atoms with Gasteiger partial charge in [-0.15, -0.1) is 0 Å². The van der Waals surface area contributed by atoms with Crippen molar-refractivity contribution in [3.8, 4) is 0 Å². The van der Waals surface area contributed by atoms with E-state index in [0.29, 0.717) is 6.04 Å². The van der Waals surface area contributed by atoms with Crippen LogP contribution in [0.2, 0.25) is 0 Å². The molecule has 3 heteroatoms. The molecule has 3 nitrogen and oxygen atoms in total. The summed E-state index contributed by atoms with van der Waals surface area (Å²) in [6.07, 6.45) is 5.38. The molecule has 1 aliphatic carbocycles. The van der Waals surface area contributed by atoms with Crippen molar-refractivity contribution in [3.05, 3.63) is 18.2 Å². The Labute approximate surface area is 104 Å². The molecule has 0 radical (unpaired) electrons. The number of aromatic nitrogens is 1. The Balaban J connectivity index is 2.14. The number of nitrogens with one attached hydrogen (secondary N) is 1. The van der Waals surface area contributed by atoms with Gasteiger partial charge in [0.1, 0.15) is 11.6 Å². The molecule has 1 fully saturated rings. The topological polar surface area (TPSA) is 28.2 Å². The summed E-state index contributed by atoms with van der Waals surface area (Å²) < 4.78 is 0. The summed E-state index contributed by atoms with van der Waals surface area (Å²) in [6, 6.07) is 6.96. The van der Waals surface area contributed by atoms with E-state index in [9.17, 15) is 0 Å². The molecule has 17 heavy (non-hydrogen) atoms. The van der Waals surface area contributed by atoms with Crippen LogP contribution in [0.5, 0.6) is 0 Å². The number of pyridine rings is 1. The molecule has 1 saturated carbocycles. The molecule has 1 aromatic heterocycles. The monoisotopic (exact) mass is 233 g/mol. The second-order valence-corrected chi connectivity index (χ2v) is 4.64. The van der Waals surface area contributed by atoms with E-state index in [1.165, 1.54) is 25.7 Å². The van der Waals surface area contributed by atoms with Gasteiger partial charge in [0.05, 0.1) is 0 Å². The van der Waals surface area contributed by atoms with Gasteiger partial charge in [-0.3, -0.25) is 0 Å². The molecular weight excluding hydrogens is 210 g/mol. The molecule has 1 N–H and O–H groups in total. The van der Waals surface area contributed by atoms with Crippen LogP contribution in [0.25, 0.3) is 0 Å². The van der Waals surface area contributed by atoms with Crippen molar-refractivity contribution in [2.24, 2.45) is 0 Å². The van der Waals surface area contributed by atoms with Crippen LogP contribution < -0.4 is 10.2 Å². The molecule has 0 unspecified atom stereocenters. The minimum atomic E-state index is 0.698. The lowest BCUT2D eigenvalue weighted by atomic mass is 10.2. The molecule has 0 aliphatic heterocycles. The average Bonchev–Trinajstić information content (AvgIpc) is 2.85. The van der Waals surface area contributed by atoms with Crippen molar-refractivity contribution < 1.29 is 0 Å². The van der Waals surface area contributed by atoms with E-state index >= 15 is 0 Å². The maximum atomic E-state index is 4.69. The zero-order chi connectivity index (χ0) is 12.1. The highest BCUT2D eigenvalue weighted by Crippen LogP contribution is 2.27. The maximum Gasteiger partial charge on any atom is 0.131 e. The zero-order valence-corrected chi connectivity index (χ0v) is 10.9. The minimum Gasteiger partial charge on any atom is -0.370 e. The first-order valence-electron chi connectivity index (χ1n) is 6.82. The van der Waals surface area contributed by atoms with E-state index < -0.39 is 0 Å². The largest absolute Gasteiger partial charge is 0.370 e. The lowest BCUT2D eigenvalue weighted by Crippen LogP contribution is -2.33. The molecule has 0 saturated heterocycles. The SMILES string of the molecule is CCNc1cccc(N(CC)C2CCCC2)n1. The van der Waals surface area contributed by atoms with Gasteiger partial charge >= 0.3 is 0 Å². The normalized spacial score (nSPS) is 16.1. The summed E-state index contributed by atoms with van der Waals surface area (Å²) in [7, 11) is 0. The van der Waals surface area contributed by atoms with Gasteiger partial charge in [0.2, 0.25) is 0 Å². The zero-order valence-electron chi connectivity index (χ0n) is 10.9. The van der Waals surface area contributed by atoms with Gasteiger partial charge in [-0.2, -0.15) is 0 Å². The molecule has 0 atom stereocenters. The highest BCUT2D eigenvalue weighted by molar-refractivity contribution is 5.47. The van der Waals surface area contributed by atoms with Crippen molar-refractivity contribution in [3.63, 3.8) is 0 Å². The van der Waals surface area contributed by atoms with E-state index in [4.69, 9.17) is 4.98 Å². The van der Waals surface area contributed by atoms with Gasteiger partial charge in [0.25, 0.3) is 0 Å². The quantitative estimate of drug-likeness (QED) is 0.846. The number of anilines is 2. The number of rotatable bonds is 5. The number of nitrogens with zero attached hydrogens (tertiary/aromatic N) is 2. The highest BCUT2D eigenvalue weighted by Gasteiger charge is 2.22. The van der Waals surface area contributed by atoms with E-state index in [2.05, 4.69) is 36.2 Å². The number of hydrogen-bond acceptors (Lipinski definition) is 3. The van der Waals surface area contributed by atoms with Crippen LogP contribution in [0.1, 0.15) is 39.5 Å². The van der Waals surface area contributed by atoms with Crippen molar-refractivity contribution in [2.75, 3.05) is 23.3 Å². The Morgan fingerprint density at radius 2 is 2.06 bits per heavy atom. The van der Waals surface area contributed by atoms with Gasteiger partial charge in [-0.05, 0) is 38.8 Å². The molecule has 0 aromatic carbocycles. The first-order valence-corrected chi connectivity index (χ1v) is 6.82. The van der Waals surface area contributed by atoms with E-state index in [1.54, 1.807) is 0 Å². The van der Waals surface area contributed by atoms with Gasteiger partial charge < -0.3 is 10.2 Å². The first kappa shape index (κ1) is 12.2. The molecule has 1 aliphatic rings. The lowest BCUT2D eigenvalue weighted by molar-refractivity contribution is 0.613. The van der Waals surface area contributed by atoms with E-state index in [0.717, 1.165) is 24.7 Å². The van der Waals surface area contributed by atoms with Crippen LogP contribution in [0, 0.1) is 0 Å². The summed E-state index contributed by atoms with van der Waals surface area (Å²) in [5.41, 5.74) is 0. The van der Waals surface area contributed by atoms with Crippen LogP contribution in [0.4, 0.5) is 11.6 Å². The van der Waals surface area contributed by atoms with Crippen LogP contribution in [-0.2, 0) is 0 Å². The van der Waals surface area contributed by atoms with Crippen molar-refractivity contribution in [1.29, 1.82) is 0 Å². The standard InChI is InChI=1S/C14H23N3/c1-3-15-13-10-7-11-14(16-13)17(4-2)12-8-5-6-9-12/h7,10-12H,3-6,8-9H2,1-2H3,(H,15,16). The summed E-state index contributed by atoms with van der Waals surface area (Å²) in [5.74, 6) is 2.11. The summed E-state index contributed by atoms with van der Waals surface area (Å²) in [5, 5.41) is 3.28. The molecule has 2 rings (SSSR count). The Morgan fingerprint density at radius 1 is 1.29 bits per heavy atom. The predicted octanol–water partition coefficient (Wildman–Crippen LogP) is 3.28. The van der Waals surface area contributed by atoms with Gasteiger partial charge in [0, 0.05) is 19.1 Å². The van der Waals surface area contributed by atoms with Gasteiger partial charge in [-0.1, -0.05) is 18.9 Å². The summed E-state index contributed by atoms with van der Waals surface area (Å²) in [6.45, 7) is 6.29. The lowest BCUT2D eigenvalue weighted by Gasteiger charge is -2.29. The average molecular weight is 233 g/mol. The molecule has 1 heterocycles. The van der Waals surface area contributed by atoms with Crippen LogP contribution in [0.15, 0.2) is 18.2 Å². The third-order valence-electron chi connectivity index (χ3n) is 3.49. The molecule has 0 spiro atoms. The highest BCUT2D eigenvalue weighted by atomic mass is 15.2. The smallest absolute Gasteiger partial charge is 0.131 e. The minimum absolute atomic E-state index is 0.698. The van der Waals surface area contributed by atoms with Gasteiger partial charge in [-0.25, -0.2) is 4.98 Å². The Morgan fingerprint density at radius 3 is 2.71 bits per heavy atom. The molecule has 94 valence electrons. The molecule has 0 bridgehead atoms. The maximum absolute atomic E-state index is 4.69. The van der Waals surface area contributed by atoms with Crippen molar-refractivity contribution in [2.45, 2.75) is 45.6 Å². The third-order valence-corrected chi connectivity index (χ3v) is 3.49. The van der Waals surface area contributed by atoms with Gasteiger partial charge in [0.15, 0.2) is 0 Å². The fourth-order valence-electron chi connectivity index (χ4n) is 2.69. The molecular formula is C14H23N3. The summed E-state index contributed by atoms with van der Waals surface area (Å²) in [4.78, 5) is 7.15. The Hall–Kier alpha value is -1.25. The fraction of sp³-hybridized carbons (Fsp3) is 0.643. The Kier molecular flexibility index (Phi) is 4.24. The molecule has 1 aromatic rings. The fourth-order valence-corrected chi connectivity index (χ4v) is 2.69. The number of hydrogen-bond donors (Lipinski definition) is 1. The Bertz CT molecular complexity index is 345. The van der Waals surface area contributed by atoms with Crippen LogP contribution in [-0.4, -0.2) is 24.1 Å². The molecule has 0 amide bonds. The third kappa shape index (κ3) is 2.90. The summed E-state index contributed by atoms with van der Waals surface area (Å²) >= 11 is 0. The second kappa shape index (κ2) is 5.89. The van der Waals surface area contributed by atoms with Crippen LogP contribution in [0.3, 0.4) is 0 Å². The van der Waals surface area contributed by atoms with Crippen molar-refractivity contribution in [1.82, 2.24) is 4.98 Å². The van der Waals surface area contributed by atoms with Crippen LogP contribution >= 0.6 is 0 Å². The van der Waals surface area contributed by atoms with E-state index in [1.807, 2.05) is 6.07 Å².